The molecule has 2 fully saturated rings. The summed E-state index contributed by atoms with van der Waals surface area (Å²) in [4.78, 5) is 53.9. The second kappa shape index (κ2) is 12.1. The summed E-state index contributed by atoms with van der Waals surface area (Å²) in [6.07, 6.45) is 2.84. The minimum atomic E-state index is -1.01. The first kappa shape index (κ1) is 26.5. The Hall–Kier alpha value is -3.60. The Morgan fingerprint density at radius 3 is 2.57 bits per heavy atom. The topological polar surface area (TPSA) is 128 Å². The first-order valence-electron chi connectivity index (χ1n) is 12.4. The SMILES string of the molecule is COC(=O)N1CCCN(c2ccc(C(=O)NC(CC(=O)O)c3cccs3)cc2NC(=O)C2CCC2)CC1. The molecule has 11 heteroatoms. The van der Waals surface area contributed by atoms with Crippen molar-refractivity contribution in [2.75, 3.05) is 43.5 Å². The van der Waals surface area contributed by atoms with Crippen LogP contribution in [0.1, 0.15) is 53.4 Å². The van der Waals surface area contributed by atoms with Crippen molar-refractivity contribution in [3.8, 4) is 0 Å². The first-order chi connectivity index (χ1) is 17.9. The van der Waals surface area contributed by atoms with Gasteiger partial charge in [-0.3, -0.25) is 14.4 Å². The van der Waals surface area contributed by atoms with E-state index in [0.717, 1.165) is 36.2 Å². The van der Waals surface area contributed by atoms with E-state index in [1.165, 1.54) is 18.4 Å². The van der Waals surface area contributed by atoms with Crippen molar-refractivity contribution in [3.05, 3.63) is 46.2 Å². The normalized spacial score (nSPS) is 16.8. The molecule has 4 rings (SSSR count). The monoisotopic (exact) mass is 528 g/mol. The van der Waals surface area contributed by atoms with Gasteiger partial charge >= 0.3 is 12.1 Å². The molecule has 1 unspecified atom stereocenters. The van der Waals surface area contributed by atoms with Gasteiger partial charge in [-0.05, 0) is 48.9 Å². The minimum absolute atomic E-state index is 0.0388. The van der Waals surface area contributed by atoms with E-state index < -0.39 is 17.9 Å². The second-order valence-corrected chi connectivity index (χ2v) is 10.3. The molecule has 2 aliphatic rings. The molecule has 2 aromatic rings. The van der Waals surface area contributed by atoms with Crippen molar-refractivity contribution in [2.45, 2.75) is 38.1 Å². The van der Waals surface area contributed by atoms with Gasteiger partial charge in [-0.1, -0.05) is 12.5 Å². The maximum absolute atomic E-state index is 13.2. The van der Waals surface area contributed by atoms with Crippen molar-refractivity contribution >= 4 is 46.6 Å². The largest absolute Gasteiger partial charge is 0.481 e. The van der Waals surface area contributed by atoms with Crippen molar-refractivity contribution in [2.24, 2.45) is 5.92 Å². The Labute approximate surface area is 219 Å². The van der Waals surface area contributed by atoms with Crippen LogP contribution in [-0.2, 0) is 14.3 Å². The summed E-state index contributed by atoms with van der Waals surface area (Å²) in [7, 11) is 1.36. The number of carbonyl (C=O) groups excluding carboxylic acids is 3. The van der Waals surface area contributed by atoms with E-state index in [4.69, 9.17) is 4.74 Å². The first-order valence-corrected chi connectivity index (χ1v) is 13.3. The van der Waals surface area contributed by atoms with Crippen LogP contribution in [0.25, 0.3) is 0 Å². The molecule has 1 aliphatic carbocycles. The maximum atomic E-state index is 13.2. The zero-order valence-corrected chi connectivity index (χ0v) is 21.6. The molecule has 1 saturated carbocycles. The van der Waals surface area contributed by atoms with Gasteiger partial charge in [0.25, 0.3) is 5.91 Å². The number of thiophene rings is 1. The maximum Gasteiger partial charge on any atom is 0.409 e. The molecule has 1 saturated heterocycles. The van der Waals surface area contributed by atoms with Crippen LogP contribution in [0, 0.1) is 5.92 Å². The number of carbonyl (C=O) groups is 4. The lowest BCUT2D eigenvalue weighted by molar-refractivity contribution is -0.137. The Morgan fingerprint density at radius 2 is 1.92 bits per heavy atom. The number of hydrogen-bond donors (Lipinski definition) is 3. The number of amides is 3. The molecule has 198 valence electrons. The second-order valence-electron chi connectivity index (χ2n) is 9.29. The highest BCUT2D eigenvalue weighted by Crippen LogP contribution is 2.33. The molecule has 3 amide bonds. The van der Waals surface area contributed by atoms with Crippen LogP contribution in [0.15, 0.2) is 35.7 Å². The number of aliphatic carboxylic acids is 1. The fourth-order valence-corrected chi connectivity index (χ4v) is 5.33. The van der Waals surface area contributed by atoms with Crippen molar-refractivity contribution in [1.82, 2.24) is 10.2 Å². The summed E-state index contributed by atoms with van der Waals surface area (Å²) in [5, 5.41) is 17.0. The van der Waals surface area contributed by atoms with Gasteiger partial charge < -0.3 is 30.3 Å². The number of carboxylic acid groups (broad SMARTS) is 1. The van der Waals surface area contributed by atoms with E-state index in [9.17, 15) is 24.3 Å². The highest BCUT2D eigenvalue weighted by molar-refractivity contribution is 7.10. The summed E-state index contributed by atoms with van der Waals surface area (Å²) in [6.45, 7) is 2.26. The van der Waals surface area contributed by atoms with Crippen LogP contribution in [0.3, 0.4) is 0 Å². The zero-order valence-electron chi connectivity index (χ0n) is 20.8. The lowest BCUT2D eigenvalue weighted by Gasteiger charge is -2.28. The van der Waals surface area contributed by atoms with E-state index in [0.29, 0.717) is 37.4 Å². The molecular weight excluding hydrogens is 496 g/mol. The van der Waals surface area contributed by atoms with E-state index >= 15 is 0 Å². The highest BCUT2D eigenvalue weighted by atomic mass is 32.1. The predicted molar refractivity (Wildman–Crippen MR) is 140 cm³/mol. The van der Waals surface area contributed by atoms with Gasteiger partial charge in [-0.2, -0.15) is 0 Å². The number of hydrogen-bond acceptors (Lipinski definition) is 7. The average molecular weight is 529 g/mol. The number of nitrogens with one attached hydrogen (secondary N) is 2. The molecule has 1 aromatic carbocycles. The lowest BCUT2D eigenvalue weighted by atomic mass is 9.85. The molecular formula is C26H32N4O6S. The van der Waals surface area contributed by atoms with E-state index in [1.807, 2.05) is 11.4 Å². The van der Waals surface area contributed by atoms with E-state index in [-0.39, 0.29) is 24.3 Å². The predicted octanol–water partition coefficient (Wildman–Crippen LogP) is 3.71. The van der Waals surface area contributed by atoms with Crippen LogP contribution >= 0.6 is 11.3 Å². The van der Waals surface area contributed by atoms with Gasteiger partial charge in [0.2, 0.25) is 5.91 Å². The van der Waals surface area contributed by atoms with Gasteiger partial charge in [0.15, 0.2) is 0 Å². The minimum Gasteiger partial charge on any atom is -0.481 e. The molecule has 1 aromatic heterocycles. The van der Waals surface area contributed by atoms with Crippen LogP contribution < -0.4 is 15.5 Å². The van der Waals surface area contributed by atoms with Crippen molar-refractivity contribution in [1.29, 1.82) is 0 Å². The third-order valence-corrected chi connectivity index (χ3v) is 7.82. The van der Waals surface area contributed by atoms with Crippen molar-refractivity contribution < 1.29 is 29.0 Å². The quantitative estimate of drug-likeness (QED) is 0.476. The molecule has 0 spiro atoms. The molecule has 1 atom stereocenters. The lowest BCUT2D eigenvalue weighted by Crippen LogP contribution is -2.35. The number of ether oxygens (including phenoxy) is 1. The molecule has 3 N–H and O–H groups in total. The highest BCUT2D eigenvalue weighted by Gasteiger charge is 2.28. The Kier molecular flexibility index (Phi) is 8.65. The van der Waals surface area contributed by atoms with Crippen LogP contribution in [0.2, 0.25) is 0 Å². The summed E-state index contributed by atoms with van der Waals surface area (Å²) < 4.78 is 4.86. The smallest absolute Gasteiger partial charge is 0.409 e. The van der Waals surface area contributed by atoms with Crippen LogP contribution in [0.5, 0.6) is 0 Å². The van der Waals surface area contributed by atoms with Crippen LogP contribution in [-0.4, -0.2) is 67.2 Å². The number of rotatable bonds is 8. The molecule has 2 heterocycles. The van der Waals surface area contributed by atoms with Gasteiger partial charge in [0.1, 0.15) is 0 Å². The molecule has 0 radical (unpaired) electrons. The third kappa shape index (κ3) is 6.59. The van der Waals surface area contributed by atoms with E-state index in [2.05, 4.69) is 15.5 Å². The summed E-state index contributed by atoms with van der Waals surface area (Å²) >= 11 is 1.38. The number of anilines is 2. The zero-order chi connectivity index (χ0) is 26.4. The summed E-state index contributed by atoms with van der Waals surface area (Å²) in [5.74, 6) is -1.54. The molecule has 10 nitrogen and oxygen atoms in total. The Bertz CT molecular complexity index is 1130. The Morgan fingerprint density at radius 1 is 1.11 bits per heavy atom. The molecule has 1 aliphatic heterocycles. The van der Waals surface area contributed by atoms with Gasteiger partial charge in [-0.15, -0.1) is 11.3 Å². The Balaban J connectivity index is 1.57. The molecule has 37 heavy (non-hydrogen) atoms. The average Bonchev–Trinajstić information content (AvgIpc) is 3.27. The molecule has 0 bridgehead atoms. The summed E-state index contributed by atoms with van der Waals surface area (Å²) in [5.41, 5.74) is 1.63. The number of benzene rings is 1. The van der Waals surface area contributed by atoms with Crippen molar-refractivity contribution in [3.63, 3.8) is 0 Å². The van der Waals surface area contributed by atoms with Gasteiger partial charge in [0.05, 0.1) is 30.9 Å². The third-order valence-electron chi connectivity index (χ3n) is 6.83. The van der Waals surface area contributed by atoms with Gasteiger partial charge in [-0.25, -0.2) is 4.79 Å². The number of carboxylic acids is 1. The summed E-state index contributed by atoms with van der Waals surface area (Å²) in [6, 6.07) is 8.08. The van der Waals surface area contributed by atoms with E-state index in [1.54, 1.807) is 29.2 Å². The number of methoxy groups -OCH3 is 1. The number of nitrogens with zero attached hydrogens (tertiary/aromatic N) is 2. The standard InChI is InChI=1S/C26H32N4O6S/c1-36-26(35)30-11-4-10-29(12-13-30)21-9-8-18(15-19(21)27-24(33)17-5-2-6-17)25(34)28-20(16-23(31)32)22-7-3-14-37-22/h3,7-9,14-15,17,20H,2,4-6,10-13,16H2,1H3,(H,27,33)(H,28,34)(H,31,32). The fraction of sp³-hybridized carbons (Fsp3) is 0.462. The van der Waals surface area contributed by atoms with Gasteiger partial charge in [0, 0.05) is 42.5 Å². The fourth-order valence-electron chi connectivity index (χ4n) is 4.56. The van der Waals surface area contributed by atoms with Crippen LogP contribution in [0.4, 0.5) is 16.2 Å².